The molecule has 1 aliphatic rings. The molecule has 2 aromatic carbocycles. The number of fused-ring (bicyclic) bond motifs is 1. The molecule has 0 amide bonds. The van der Waals surface area contributed by atoms with Crippen molar-refractivity contribution in [3.8, 4) is 5.75 Å². The van der Waals surface area contributed by atoms with Crippen LogP contribution in [-0.2, 0) is 0 Å². The molecule has 2 aromatic rings. The Labute approximate surface area is 120 Å². The molecule has 106 valence electrons. The van der Waals surface area contributed by atoms with Crippen molar-refractivity contribution in [2.24, 2.45) is 0 Å². The summed E-state index contributed by atoms with van der Waals surface area (Å²) in [4.78, 5) is 2.52. The van der Waals surface area contributed by atoms with Gasteiger partial charge in [-0.3, -0.25) is 4.90 Å². The van der Waals surface area contributed by atoms with Crippen LogP contribution in [0.4, 0.5) is 0 Å². The molecule has 20 heavy (non-hydrogen) atoms. The van der Waals surface area contributed by atoms with Crippen LogP contribution in [0.1, 0.15) is 25.5 Å². The third-order valence-corrected chi connectivity index (χ3v) is 4.19. The highest BCUT2D eigenvalue weighted by atomic mass is 16.3. The van der Waals surface area contributed by atoms with Crippen LogP contribution in [0.5, 0.6) is 5.75 Å². The standard InChI is InChI=1S/C17H22N2O/c1-12(2)19-8-7-18-17(11-19)15-4-3-14-10-16(20)6-5-13(14)9-15/h3-6,9-10,12,17-18,20H,7-8,11H2,1-2H3. The highest BCUT2D eigenvalue weighted by molar-refractivity contribution is 5.84. The topological polar surface area (TPSA) is 35.5 Å². The minimum atomic E-state index is 0.326. The van der Waals surface area contributed by atoms with Crippen LogP contribution >= 0.6 is 0 Å². The van der Waals surface area contributed by atoms with Gasteiger partial charge in [-0.1, -0.05) is 18.2 Å². The fourth-order valence-electron chi connectivity index (χ4n) is 2.93. The van der Waals surface area contributed by atoms with Crippen LogP contribution in [0.25, 0.3) is 10.8 Å². The largest absolute Gasteiger partial charge is 0.508 e. The van der Waals surface area contributed by atoms with Crippen LogP contribution in [0.3, 0.4) is 0 Å². The number of hydrogen-bond acceptors (Lipinski definition) is 3. The van der Waals surface area contributed by atoms with Crippen molar-refractivity contribution in [3.05, 3.63) is 42.0 Å². The Bertz CT molecular complexity index is 609. The molecule has 1 aliphatic heterocycles. The second-order valence-electron chi connectivity index (χ2n) is 5.89. The number of nitrogens with one attached hydrogen (secondary N) is 1. The molecule has 1 atom stereocenters. The number of hydrogen-bond donors (Lipinski definition) is 2. The van der Waals surface area contributed by atoms with Gasteiger partial charge in [0.1, 0.15) is 5.75 Å². The number of rotatable bonds is 2. The molecule has 0 spiro atoms. The molecule has 0 aliphatic carbocycles. The molecule has 3 nitrogen and oxygen atoms in total. The molecule has 0 aromatic heterocycles. The van der Waals surface area contributed by atoms with Gasteiger partial charge in [0.2, 0.25) is 0 Å². The van der Waals surface area contributed by atoms with E-state index >= 15 is 0 Å². The summed E-state index contributed by atoms with van der Waals surface area (Å²) in [7, 11) is 0. The second-order valence-corrected chi connectivity index (χ2v) is 5.89. The number of nitrogens with zero attached hydrogens (tertiary/aromatic N) is 1. The summed E-state index contributed by atoms with van der Waals surface area (Å²) >= 11 is 0. The maximum Gasteiger partial charge on any atom is 0.116 e. The Morgan fingerprint density at radius 2 is 1.90 bits per heavy atom. The van der Waals surface area contributed by atoms with Crippen LogP contribution in [0, 0.1) is 0 Å². The van der Waals surface area contributed by atoms with Crippen LogP contribution in [0.15, 0.2) is 36.4 Å². The molecule has 0 saturated carbocycles. The zero-order chi connectivity index (χ0) is 14.1. The van der Waals surface area contributed by atoms with Gasteiger partial charge in [-0.25, -0.2) is 0 Å². The van der Waals surface area contributed by atoms with Crippen LogP contribution in [-0.4, -0.2) is 35.7 Å². The average Bonchev–Trinajstić information content (AvgIpc) is 2.47. The van der Waals surface area contributed by atoms with Gasteiger partial charge in [0, 0.05) is 31.7 Å². The monoisotopic (exact) mass is 270 g/mol. The van der Waals surface area contributed by atoms with Gasteiger partial charge in [0.15, 0.2) is 0 Å². The molecule has 2 N–H and O–H groups in total. The van der Waals surface area contributed by atoms with Crippen molar-refractivity contribution < 1.29 is 5.11 Å². The first-order chi connectivity index (χ1) is 9.63. The number of benzene rings is 2. The van der Waals surface area contributed by atoms with Crippen molar-refractivity contribution >= 4 is 10.8 Å². The molecule has 1 saturated heterocycles. The van der Waals surface area contributed by atoms with E-state index in [0.29, 0.717) is 17.8 Å². The van der Waals surface area contributed by atoms with E-state index in [-0.39, 0.29) is 0 Å². The summed E-state index contributed by atoms with van der Waals surface area (Å²) in [6.07, 6.45) is 0. The third kappa shape index (κ3) is 2.65. The Morgan fingerprint density at radius 1 is 1.15 bits per heavy atom. The lowest BCUT2D eigenvalue weighted by molar-refractivity contribution is 0.162. The minimum absolute atomic E-state index is 0.326. The van der Waals surface area contributed by atoms with E-state index in [9.17, 15) is 5.11 Å². The Morgan fingerprint density at radius 3 is 2.70 bits per heavy atom. The fraction of sp³-hybridized carbons (Fsp3) is 0.412. The van der Waals surface area contributed by atoms with Gasteiger partial charge >= 0.3 is 0 Å². The first-order valence-corrected chi connectivity index (χ1v) is 7.33. The maximum absolute atomic E-state index is 9.53. The van der Waals surface area contributed by atoms with E-state index in [2.05, 4.69) is 42.3 Å². The van der Waals surface area contributed by atoms with Crippen molar-refractivity contribution in [3.63, 3.8) is 0 Å². The van der Waals surface area contributed by atoms with Crippen LogP contribution in [0.2, 0.25) is 0 Å². The van der Waals surface area contributed by atoms with Gasteiger partial charge in [-0.15, -0.1) is 0 Å². The molecule has 1 fully saturated rings. The zero-order valence-electron chi connectivity index (χ0n) is 12.1. The van der Waals surface area contributed by atoms with Crippen molar-refractivity contribution in [1.82, 2.24) is 10.2 Å². The number of aromatic hydroxyl groups is 1. The Kier molecular flexibility index (Phi) is 3.64. The third-order valence-electron chi connectivity index (χ3n) is 4.19. The SMILES string of the molecule is CC(C)N1CCNC(c2ccc3cc(O)ccc3c2)C1. The normalized spacial score (nSPS) is 20.6. The average molecular weight is 270 g/mol. The first kappa shape index (κ1) is 13.4. The molecule has 0 radical (unpaired) electrons. The number of phenolic OH excluding ortho intramolecular Hbond substituents is 1. The first-order valence-electron chi connectivity index (χ1n) is 7.33. The molecule has 3 rings (SSSR count). The zero-order valence-corrected chi connectivity index (χ0v) is 12.1. The summed E-state index contributed by atoms with van der Waals surface area (Å²) in [5, 5.41) is 15.4. The quantitative estimate of drug-likeness (QED) is 0.881. The van der Waals surface area contributed by atoms with Crippen molar-refractivity contribution in [2.45, 2.75) is 25.9 Å². The second kappa shape index (κ2) is 5.43. The lowest BCUT2D eigenvalue weighted by Crippen LogP contribution is -2.48. The number of piperazine rings is 1. The molecular weight excluding hydrogens is 248 g/mol. The van der Waals surface area contributed by atoms with E-state index in [4.69, 9.17) is 0 Å². The van der Waals surface area contributed by atoms with Gasteiger partial charge < -0.3 is 10.4 Å². The van der Waals surface area contributed by atoms with Gasteiger partial charge in [0.05, 0.1) is 0 Å². The summed E-state index contributed by atoms with van der Waals surface area (Å²) in [5.41, 5.74) is 1.33. The van der Waals surface area contributed by atoms with E-state index in [1.54, 1.807) is 6.07 Å². The predicted molar refractivity (Wildman–Crippen MR) is 83.1 cm³/mol. The van der Waals surface area contributed by atoms with E-state index in [1.165, 1.54) is 10.9 Å². The smallest absolute Gasteiger partial charge is 0.116 e. The molecule has 1 heterocycles. The Hall–Kier alpha value is -1.58. The summed E-state index contributed by atoms with van der Waals surface area (Å²) < 4.78 is 0. The molecule has 3 heteroatoms. The van der Waals surface area contributed by atoms with Gasteiger partial charge in [0.25, 0.3) is 0 Å². The van der Waals surface area contributed by atoms with E-state index < -0.39 is 0 Å². The van der Waals surface area contributed by atoms with Gasteiger partial charge in [-0.2, -0.15) is 0 Å². The number of phenols is 1. The van der Waals surface area contributed by atoms with Crippen molar-refractivity contribution in [1.29, 1.82) is 0 Å². The molecule has 1 unspecified atom stereocenters. The predicted octanol–water partition coefficient (Wildman–Crippen LogP) is 2.90. The lowest BCUT2D eigenvalue weighted by atomic mass is 9.99. The molecule has 0 bridgehead atoms. The van der Waals surface area contributed by atoms with E-state index in [0.717, 1.165) is 25.0 Å². The summed E-state index contributed by atoms with van der Waals surface area (Å²) in [6, 6.07) is 13.0. The summed E-state index contributed by atoms with van der Waals surface area (Å²) in [5.74, 6) is 0.326. The van der Waals surface area contributed by atoms with E-state index in [1.807, 2.05) is 12.1 Å². The highest BCUT2D eigenvalue weighted by Crippen LogP contribution is 2.25. The highest BCUT2D eigenvalue weighted by Gasteiger charge is 2.22. The minimum Gasteiger partial charge on any atom is -0.508 e. The molecular formula is C17H22N2O. The lowest BCUT2D eigenvalue weighted by Gasteiger charge is -2.36. The summed E-state index contributed by atoms with van der Waals surface area (Å²) in [6.45, 7) is 7.73. The van der Waals surface area contributed by atoms with Gasteiger partial charge in [-0.05, 0) is 48.4 Å². The maximum atomic E-state index is 9.53. The van der Waals surface area contributed by atoms with Crippen LogP contribution < -0.4 is 5.32 Å². The Balaban J connectivity index is 1.88. The fourth-order valence-corrected chi connectivity index (χ4v) is 2.93. The van der Waals surface area contributed by atoms with Crippen molar-refractivity contribution in [2.75, 3.05) is 19.6 Å².